The summed E-state index contributed by atoms with van der Waals surface area (Å²) in [4.78, 5) is 3.81. The molecule has 0 unspecified atom stereocenters. The topological polar surface area (TPSA) is 30.7 Å². The fraction of sp³-hybridized carbons (Fsp3) is 0.500. The summed E-state index contributed by atoms with van der Waals surface area (Å²) in [6.07, 6.45) is 4.84. The number of hydrogen-bond acceptors (Lipinski definition) is 2. The van der Waals surface area contributed by atoms with Crippen LogP contribution in [0.25, 0.3) is 6.20 Å². The van der Waals surface area contributed by atoms with Crippen molar-refractivity contribution < 1.29 is 0 Å². The van der Waals surface area contributed by atoms with Crippen LogP contribution >= 0.6 is 11.6 Å². The van der Waals surface area contributed by atoms with Gasteiger partial charge in [-0.05, 0) is 5.41 Å². The van der Waals surface area contributed by atoms with E-state index in [1.165, 1.54) is 6.33 Å². The van der Waals surface area contributed by atoms with Crippen LogP contribution in [0.1, 0.15) is 20.8 Å². The second-order valence-electron chi connectivity index (χ2n) is 3.60. The first kappa shape index (κ1) is 9.26. The van der Waals surface area contributed by atoms with Crippen LogP contribution in [0.15, 0.2) is 17.7 Å². The molecule has 12 heavy (non-hydrogen) atoms. The predicted molar refractivity (Wildman–Crippen MR) is 49.6 cm³/mol. The lowest BCUT2D eigenvalue weighted by molar-refractivity contribution is 0.531. The highest BCUT2D eigenvalue weighted by atomic mass is 35.5. The van der Waals surface area contributed by atoms with Gasteiger partial charge in [-0.1, -0.05) is 32.4 Å². The molecule has 0 fully saturated rings. The highest BCUT2D eigenvalue weighted by Crippen LogP contribution is 2.28. The lowest BCUT2D eigenvalue weighted by Crippen LogP contribution is -2.05. The van der Waals surface area contributed by atoms with Gasteiger partial charge in [-0.3, -0.25) is 0 Å². The van der Waals surface area contributed by atoms with E-state index in [9.17, 15) is 0 Å². The van der Waals surface area contributed by atoms with Crippen LogP contribution < -0.4 is 0 Å². The summed E-state index contributed by atoms with van der Waals surface area (Å²) in [7, 11) is 0. The van der Waals surface area contributed by atoms with Gasteiger partial charge in [-0.25, -0.2) is 9.67 Å². The van der Waals surface area contributed by atoms with Crippen molar-refractivity contribution in [3.63, 3.8) is 0 Å². The highest BCUT2D eigenvalue weighted by Gasteiger charge is 2.14. The molecule has 0 radical (unpaired) electrons. The highest BCUT2D eigenvalue weighted by molar-refractivity contribution is 6.31. The molecule has 0 aliphatic heterocycles. The first-order chi connectivity index (χ1) is 5.50. The van der Waals surface area contributed by atoms with Gasteiger partial charge < -0.3 is 0 Å². The van der Waals surface area contributed by atoms with Gasteiger partial charge in [0, 0.05) is 11.2 Å². The Morgan fingerprint density at radius 1 is 1.50 bits per heavy atom. The Morgan fingerprint density at radius 3 is 2.58 bits per heavy atom. The Bertz CT molecular complexity index is 269. The van der Waals surface area contributed by atoms with Crippen LogP contribution in [0.3, 0.4) is 0 Å². The minimum Gasteiger partial charge on any atom is -0.227 e. The summed E-state index contributed by atoms with van der Waals surface area (Å²) < 4.78 is 1.59. The molecule has 1 heterocycles. The third-order valence-electron chi connectivity index (χ3n) is 1.40. The van der Waals surface area contributed by atoms with Crippen LogP contribution in [0.4, 0.5) is 0 Å². The summed E-state index contributed by atoms with van der Waals surface area (Å²) >= 11 is 6.02. The standard InChI is InChI=1S/C8H12ClN3/c1-8(2,3)7(9)4-12-6-10-5-11-12/h4-6H,1-3H3/b7-4-. The molecule has 0 aliphatic rings. The van der Waals surface area contributed by atoms with E-state index >= 15 is 0 Å². The molecule has 0 saturated heterocycles. The average molecular weight is 186 g/mol. The number of nitrogens with zero attached hydrogens (tertiary/aromatic N) is 3. The Morgan fingerprint density at radius 2 is 2.17 bits per heavy atom. The molecule has 0 N–H and O–H groups in total. The van der Waals surface area contributed by atoms with Crippen LogP contribution in [-0.4, -0.2) is 14.8 Å². The van der Waals surface area contributed by atoms with E-state index in [4.69, 9.17) is 11.6 Å². The maximum absolute atomic E-state index is 6.02. The Kier molecular flexibility index (Phi) is 2.52. The second-order valence-corrected chi connectivity index (χ2v) is 4.01. The van der Waals surface area contributed by atoms with Crippen molar-refractivity contribution in [3.8, 4) is 0 Å². The maximum atomic E-state index is 6.02. The van der Waals surface area contributed by atoms with Crippen LogP contribution in [0, 0.1) is 5.41 Å². The molecule has 1 rings (SSSR count). The van der Waals surface area contributed by atoms with E-state index in [1.807, 2.05) is 20.8 Å². The van der Waals surface area contributed by atoms with Crippen molar-refractivity contribution in [2.75, 3.05) is 0 Å². The first-order valence-corrected chi connectivity index (χ1v) is 4.10. The van der Waals surface area contributed by atoms with Crippen LogP contribution in [0.5, 0.6) is 0 Å². The number of halogens is 1. The van der Waals surface area contributed by atoms with Crippen molar-refractivity contribution in [2.24, 2.45) is 5.41 Å². The maximum Gasteiger partial charge on any atom is 0.138 e. The summed E-state index contributed by atoms with van der Waals surface area (Å²) in [5.41, 5.74) is -0.0342. The quantitative estimate of drug-likeness (QED) is 0.673. The van der Waals surface area contributed by atoms with Gasteiger partial charge in [-0.15, -0.1) is 0 Å². The molecule has 3 nitrogen and oxygen atoms in total. The number of allylic oxidation sites excluding steroid dienone is 1. The predicted octanol–water partition coefficient (Wildman–Crippen LogP) is 2.36. The third-order valence-corrected chi connectivity index (χ3v) is 2.06. The molecule has 0 saturated carbocycles. The van der Waals surface area contributed by atoms with Gasteiger partial charge in [0.15, 0.2) is 0 Å². The van der Waals surface area contributed by atoms with Gasteiger partial charge in [-0.2, -0.15) is 5.10 Å². The van der Waals surface area contributed by atoms with Crippen molar-refractivity contribution in [3.05, 3.63) is 17.7 Å². The molecule has 0 bridgehead atoms. The zero-order valence-electron chi connectivity index (χ0n) is 7.45. The van der Waals surface area contributed by atoms with Crippen molar-refractivity contribution in [1.29, 1.82) is 0 Å². The molecule has 1 aromatic rings. The van der Waals surface area contributed by atoms with Crippen molar-refractivity contribution in [2.45, 2.75) is 20.8 Å². The lowest BCUT2D eigenvalue weighted by atomic mass is 9.97. The van der Waals surface area contributed by atoms with Crippen molar-refractivity contribution >= 4 is 17.8 Å². The Balaban J connectivity index is 2.84. The summed E-state index contributed by atoms with van der Waals surface area (Å²) in [5.74, 6) is 0. The monoisotopic (exact) mass is 185 g/mol. The number of hydrogen-bond donors (Lipinski definition) is 0. The zero-order valence-corrected chi connectivity index (χ0v) is 8.21. The second kappa shape index (κ2) is 3.27. The fourth-order valence-corrected chi connectivity index (χ4v) is 0.694. The summed E-state index contributed by atoms with van der Waals surface area (Å²) in [6, 6.07) is 0. The smallest absolute Gasteiger partial charge is 0.138 e. The Hall–Kier alpha value is -0.830. The van der Waals surface area contributed by atoms with Crippen LogP contribution in [-0.2, 0) is 0 Å². The first-order valence-electron chi connectivity index (χ1n) is 3.72. The third kappa shape index (κ3) is 2.34. The normalized spacial score (nSPS) is 13.5. The van der Waals surface area contributed by atoms with E-state index in [2.05, 4.69) is 10.1 Å². The molecule has 0 amide bonds. The molecule has 0 atom stereocenters. The van der Waals surface area contributed by atoms with Gasteiger partial charge in [0.25, 0.3) is 0 Å². The zero-order chi connectivity index (χ0) is 9.19. The molecule has 0 aromatic carbocycles. The number of aromatic nitrogens is 3. The molecule has 0 aliphatic carbocycles. The molecular weight excluding hydrogens is 174 g/mol. The van der Waals surface area contributed by atoms with Gasteiger partial charge in [0.1, 0.15) is 12.7 Å². The van der Waals surface area contributed by atoms with Gasteiger partial charge in [0.2, 0.25) is 0 Å². The minimum atomic E-state index is -0.0342. The van der Waals surface area contributed by atoms with E-state index < -0.39 is 0 Å². The minimum absolute atomic E-state index is 0.0342. The average Bonchev–Trinajstić information content (AvgIpc) is 2.37. The van der Waals surface area contributed by atoms with Crippen LogP contribution in [0.2, 0.25) is 0 Å². The molecular formula is C8H12ClN3. The lowest BCUT2D eigenvalue weighted by Gasteiger charge is -2.16. The summed E-state index contributed by atoms with van der Waals surface area (Å²) in [6.45, 7) is 6.13. The largest absolute Gasteiger partial charge is 0.227 e. The molecule has 1 aromatic heterocycles. The molecule has 0 spiro atoms. The van der Waals surface area contributed by atoms with Gasteiger partial charge >= 0.3 is 0 Å². The molecule has 4 heteroatoms. The van der Waals surface area contributed by atoms with E-state index in [0.29, 0.717) is 0 Å². The SMILES string of the molecule is CC(C)(C)/C(Cl)=C/n1cncn1. The Labute approximate surface area is 77.1 Å². The van der Waals surface area contributed by atoms with Crippen molar-refractivity contribution in [1.82, 2.24) is 14.8 Å². The van der Waals surface area contributed by atoms with E-state index in [1.54, 1.807) is 17.2 Å². The summed E-state index contributed by atoms with van der Waals surface area (Å²) in [5, 5.41) is 4.67. The molecule has 66 valence electrons. The van der Waals surface area contributed by atoms with E-state index in [0.717, 1.165) is 5.03 Å². The van der Waals surface area contributed by atoms with E-state index in [-0.39, 0.29) is 5.41 Å². The van der Waals surface area contributed by atoms with Gasteiger partial charge in [0.05, 0.1) is 0 Å². The fourth-order valence-electron chi connectivity index (χ4n) is 0.594. The number of rotatable bonds is 1.